The zero-order valence-corrected chi connectivity index (χ0v) is 13.9. The molecule has 0 saturated carbocycles. The highest BCUT2D eigenvalue weighted by atomic mass is 28.3. The van der Waals surface area contributed by atoms with Gasteiger partial charge in [-0.25, -0.2) is 0 Å². The lowest BCUT2D eigenvalue weighted by atomic mass is 9.63. The Hall–Kier alpha value is -1.05. The molecule has 0 aromatic heterocycles. The van der Waals surface area contributed by atoms with Gasteiger partial charge in [-0.2, -0.15) is 0 Å². The Morgan fingerprint density at radius 3 is 2.80 bits per heavy atom. The molecule has 1 amide bonds. The van der Waals surface area contributed by atoms with Gasteiger partial charge in [0.15, 0.2) is 0 Å². The maximum absolute atomic E-state index is 12.8. The number of hydrogen-bond acceptors (Lipinski definition) is 2. The molecule has 2 aliphatic rings. The number of fused-ring (bicyclic) bond motifs is 1. The molecule has 110 valence electrons. The van der Waals surface area contributed by atoms with Gasteiger partial charge in [-0.1, -0.05) is 37.7 Å². The number of aliphatic hydroxyl groups is 1. The van der Waals surface area contributed by atoms with Crippen molar-refractivity contribution < 1.29 is 9.90 Å². The van der Waals surface area contributed by atoms with Crippen molar-refractivity contribution in [2.24, 2.45) is 17.3 Å². The van der Waals surface area contributed by atoms with Gasteiger partial charge in [0.05, 0.1) is 0 Å². The van der Waals surface area contributed by atoms with Crippen LogP contribution in [-0.2, 0) is 4.79 Å². The van der Waals surface area contributed by atoms with Crippen LogP contribution in [0.15, 0.2) is 12.2 Å². The van der Waals surface area contributed by atoms with Gasteiger partial charge < -0.3 is 10.0 Å². The number of amides is 1. The summed E-state index contributed by atoms with van der Waals surface area (Å²) >= 11 is 0. The van der Waals surface area contributed by atoms with E-state index in [1.165, 1.54) is 0 Å². The number of allylic oxidation sites excluding steroid dienone is 2. The van der Waals surface area contributed by atoms with E-state index in [0.29, 0.717) is 6.42 Å². The van der Waals surface area contributed by atoms with Crippen LogP contribution in [0.4, 0.5) is 0 Å². The summed E-state index contributed by atoms with van der Waals surface area (Å²) in [5, 5.41) is 9.33. The summed E-state index contributed by atoms with van der Waals surface area (Å²) in [6, 6.07) is 0. The molecule has 3 nitrogen and oxygen atoms in total. The minimum Gasteiger partial charge on any atom is -0.396 e. The van der Waals surface area contributed by atoms with E-state index < -0.39 is 13.5 Å². The van der Waals surface area contributed by atoms with Crippen LogP contribution in [-0.4, -0.2) is 44.2 Å². The zero-order valence-electron chi connectivity index (χ0n) is 12.9. The Morgan fingerprint density at radius 1 is 1.50 bits per heavy atom. The first-order chi connectivity index (χ1) is 9.31. The van der Waals surface area contributed by atoms with Gasteiger partial charge in [-0.15, -0.1) is 5.54 Å². The van der Waals surface area contributed by atoms with Gasteiger partial charge in [-0.05, 0) is 12.8 Å². The van der Waals surface area contributed by atoms with Gasteiger partial charge >= 0.3 is 0 Å². The number of hydrogen-bond donors (Lipinski definition) is 1. The Labute approximate surface area is 123 Å². The van der Waals surface area contributed by atoms with Crippen LogP contribution in [0.3, 0.4) is 0 Å². The second-order valence-corrected chi connectivity index (χ2v) is 11.8. The molecular formula is C16H25NO2Si. The van der Waals surface area contributed by atoms with Crippen molar-refractivity contribution in [3.8, 4) is 11.5 Å². The molecule has 0 aromatic carbocycles. The lowest BCUT2D eigenvalue weighted by Gasteiger charge is -2.36. The molecule has 1 N–H and O–H groups in total. The average molecular weight is 291 g/mol. The van der Waals surface area contributed by atoms with Crippen LogP contribution in [0.25, 0.3) is 0 Å². The Kier molecular flexibility index (Phi) is 4.13. The first kappa shape index (κ1) is 15.3. The van der Waals surface area contributed by atoms with Crippen molar-refractivity contribution in [1.82, 2.24) is 4.90 Å². The largest absolute Gasteiger partial charge is 0.396 e. The van der Waals surface area contributed by atoms with Crippen LogP contribution in [0.2, 0.25) is 19.6 Å². The molecule has 1 aliphatic carbocycles. The molecule has 0 bridgehead atoms. The van der Waals surface area contributed by atoms with E-state index in [2.05, 4.69) is 43.3 Å². The zero-order chi connectivity index (χ0) is 15.0. The summed E-state index contributed by atoms with van der Waals surface area (Å²) < 4.78 is 0. The molecule has 3 atom stereocenters. The second kappa shape index (κ2) is 5.38. The van der Waals surface area contributed by atoms with Crippen molar-refractivity contribution >= 4 is 14.0 Å². The van der Waals surface area contributed by atoms with Crippen molar-refractivity contribution in [2.45, 2.75) is 32.5 Å². The molecule has 1 saturated heterocycles. The monoisotopic (exact) mass is 291 g/mol. The van der Waals surface area contributed by atoms with Crippen molar-refractivity contribution in [1.29, 1.82) is 0 Å². The van der Waals surface area contributed by atoms with Crippen LogP contribution in [0, 0.1) is 28.7 Å². The van der Waals surface area contributed by atoms with Crippen molar-refractivity contribution in [3.05, 3.63) is 12.2 Å². The predicted octanol–water partition coefficient (Wildman–Crippen LogP) is 1.90. The van der Waals surface area contributed by atoms with Crippen molar-refractivity contribution in [2.75, 3.05) is 20.2 Å². The maximum atomic E-state index is 12.8. The SMILES string of the molecule is CN1C[C@@H]2CC=C[C@H](CCO)[C@]2(C#C[Si](C)(C)C)C1=O. The third-order valence-electron chi connectivity index (χ3n) is 4.30. The van der Waals surface area contributed by atoms with Crippen LogP contribution in [0.1, 0.15) is 12.8 Å². The molecular weight excluding hydrogens is 266 g/mol. The fraction of sp³-hybridized carbons (Fsp3) is 0.688. The second-order valence-electron chi connectivity index (χ2n) is 7.03. The highest BCUT2D eigenvalue weighted by Crippen LogP contribution is 2.49. The molecule has 1 fully saturated rings. The first-order valence-electron chi connectivity index (χ1n) is 7.38. The summed E-state index contributed by atoms with van der Waals surface area (Å²) in [7, 11) is 0.341. The maximum Gasteiger partial charge on any atom is 0.241 e. The van der Waals surface area contributed by atoms with Crippen LogP contribution >= 0.6 is 0 Å². The molecule has 0 aromatic rings. The normalized spacial score (nSPS) is 32.9. The molecule has 20 heavy (non-hydrogen) atoms. The van der Waals surface area contributed by atoms with Crippen LogP contribution in [0.5, 0.6) is 0 Å². The standard InChI is InChI=1S/C16H25NO2Si/c1-17-12-14-7-5-6-13(8-10-18)16(14,15(17)19)9-11-20(2,3)4/h5-6,13-14,18H,7-8,10,12H2,1-4H3/t13-,14+,16+/m1/s1. The molecule has 1 heterocycles. The molecule has 0 radical (unpaired) electrons. The molecule has 4 heteroatoms. The van der Waals surface area contributed by atoms with E-state index in [1.807, 2.05) is 11.9 Å². The summed E-state index contributed by atoms with van der Waals surface area (Å²) in [5.74, 6) is 3.88. The quantitative estimate of drug-likeness (QED) is 0.479. The lowest BCUT2D eigenvalue weighted by Crippen LogP contribution is -2.43. The fourth-order valence-electron chi connectivity index (χ4n) is 3.33. The molecule has 2 rings (SSSR count). The summed E-state index contributed by atoms with van der Waals surface area (Å²) in [6.45, 7) is 7.50. The summed E-state index contributed by atoms with van der Waals surface area (Å²) in [4.78, 5) is 14.6. The van der Waals surface area contributed by atoms with E-state index in [1.54, 1.807) is 0 Å². The van der Waals surface area contributed by atoms with Gasteiger partial charge in [0.2, 0.25) is 5.91 Å². The smallest absolute Gasteiger partial charge is 0.241 e. The Bertz CT molecular complexity index is 483. The number of aliphatic hydroxyl groups excluding tert-OH is 1. The van der Waals surface area contributed by atoms with Gasteiger partial charge in [-0.3, -0.25) is 4.79 Å². The van der Waals surface area contributed by atoms with E-state index in [-0.39, 0.29) is 24.3 Å². The summed E-state index contributed by atoms with van der Waals surface area (Å²) in [5.41, 5.74) is 2.83. The van der Waals surface area contributed by atoms with Crippen LogP contribution < -0.4 is 0 Å². The van der Waals surface area contributed by atoms with E-state index >= 15 is 0 Å². The minimum absolute atomic E-state index is 0.0487. The number of nitrogens with zero attached hydrogens (tertiary/aromatic N) is 1. The first-order valence-corrected chi connectivity index (χ1v) is 10.9. The molecule has 0 spiro atoms. The van der Waals surface area contributed by atoms with Gasteiger partial charge in [0.1, 0.15) is 13.5 Å². The van der Waals surface area contributed by atoms with E-state index in [4.69, 9.17) is 0 Å². The van der Waals surface area contributed by atoms with E-state index in [9.17, 15) is 9.90 Å². The number of rotatable bonds is 2. The number of carbonyl (C=O) groups excluding carboxylic acids is 1. The average Bonchev–Trinajstić information content (AvgIpc) is 2.61. The topological polar surface area (TPSA) is 40.5 Å². The third-order valence-corrected chi connectivity index (χ3v) is 5.17. The Morgan fingerprint density at radius 2 is 2.20 bits per heavy atom. The van der Waals surface area contributed by atoms with Gasteiger partial charge in [0, 0.05) is 32.0 Å². The van der Waals surface area contributed by atoms with Crippen molar-refractivity contribution in [3.63, 3.8) is 0 Å². The number of likely N-dealkylation sites (tertiary alicyclic amines) is 1. The summed E-state index contributed by atoms with van der Waals surface area (Å²) in [6.07, 6.45) is 5.79. The fourth-order valence-corrected chi connectivity index (χ4v) is 3.91. The highest BCUT2D eigenvalue weighted by molar-refractivity contribution is 6.83. The minimum atomic E-state index is -1.53. The molecule has 0 unspecified atom stereocenters. The van der Waals surface area contributed by atoms with E-state index in [0.717, 1.165) is 13.0 Å². The molecule has 1 aliphatic heterocycles. The predicted molar refractivity (Wildman–Crippen MR) is 83.6 cm³/mol. The van der Waals surface area contributed by atoms with Gasteiger partial charge in [0.25, 0.3) is 0 Å². The Balaban J connectivity index is 2.49. The highest BCUT2D eigenvalue weighted by Gasteiger charge is 2.56. The third kappa shape index (κ3) is 2.57. The lowest BCUT2D eigenvalue weighted by molar-refractivity contribution is -0.134. The number of carbonyl (C=O) groups is 1.